The molecule has 0 saturated carbocycles. The molecule has 1 atom stereocenters. The quantitative estimate of drug-likeness (QED) is 0.469. The van der Waals surface area contributed by atoms with Crippen LogP contribution in [0.1, 0.15) is 24.1 Å². The fraction of sp³-hybridized carbons (Fsp3) is 0.333. The standard InChI is InChI=1S/C18H18BrF4NO2/c1-11(12-5-15(20)10-16(6-12)25-2)24-3-4-26-17-8-13(18(21,22)23)7-14(19)9-17/h5-11,24H,3-4H2,1-2H3/t11-/m1/s1. The second kappa shape index (κ2) is 8.73. The van der Waals surface area contributed by atoms with E-state index >= 15 is 0 Å². The number of halogens is 5. The molecule has 2 aromatic carbocycles. The van der Waals surface area contributed by atoms with Gasteiger partial charge in [-0.2, -0.15) is 13.2 Å². The number of ether oxygens (including phenoxy) is 2. The van der Waals surface area contributed by atoms with Gasteiger partial charge < -0.3 is 14.8 Å². The van der Waals surface area contributed by atoms with Crippen molar-refractivity contribution in [2.75, 3.05) is 20.3 Å². The summed E-state index contributed by atoms with van der Waals surface area (Å²) in [4.78, 5) is 0. The highest BCUT2D eigenvalue weighted by atomic mass is 79.9. The van der Waals surface area contributed by atoms with Gasteiger partial charge >= 0.3 is 6.18 Å². The average Bonchev–Trinajstić information content (AvgIpc) is 2.56. The summed E-state index contributed by atoms with van der Waals surface area (Å²) < 4.78 is 62.6. The maximum absolute atomic E-state index is 13.5. The van der Waals surface area contributed by atoms with Crippen molar-refractivity contribution in [3.8, 4) is 11.5 Å². The highest BCUT2D eigenvalue weighted by molar-refractivity contribution is 9.10. The average molecular weight is 436 g/mol. The van der Waals surface area contributed by atoms with E-state index in [0.29, 0.717) is 17.9 Å². The minimum Gasteiger partial charge on any atom is -0.497 e. The van der Waals surface area contributed by atoms with Gasteiger partial charge in [-0.3, -0.25) is 0 Å². The summed E-state index contributed by atoms with van der Waals surface area (Å²) >= 11 is 3.05. The van der Waals surface area contributed by atoms with E-state index in [1.165, 1.54) is 25.3 Å². The van der Waals surface area contributed by atoms with Crippen LogP contribution in [0.5, 0.6) is 11.5 Å². The molecule has 0 radical (unpaired) electrons. The summed E-state index contributed by atoms with van der Waals surface area (Å²) in [6.45, 7) is 2.37. The van der Waals surface area contributed by atoms with Gasteiger partial charge in [0, 0.05) is 23.1 Å². The zero-order chi connectivity index (χ0) is 19.3. The van der Waals surface area contributed by atoms with Crippen LogP contribution in [0.25, 0.3) is 0 Å². The molecule has 0 saturated heterocycles. The number of hydrogen-bond donors (Lipinski definition) is 1. The minimum atomic E-state index is -4.44. The van der Waals surface area contributed by atoms with Crippen LogP contribution >= 0.6 is 15.9 Å². The third kappa shape index (κ3) is 5.88. The van der Waals surface area contributed by atoms with Gasteiger partial charge in [-0.1, -0.05) is 15.9 Å². The smallest absolute Gasteiger partial charge is 0.416 e. The molecule has 1 N–H and O–H groups in total. The SMILES string of the molecule is COc1cc(F)cc([C@@H](C)NCCOc2cc(Br)cc(C(F)(F)F)c2)c1. The van der Waals surface area contributed by atoms with E-state index in [-0.39, 0.29) is 22.9 Å². The van der Waals surface area contributed by atoms with Crippen molar-refractivity contribution < 1.29 is 27.0 Å². The van der Waals surface area contributed by atoms with Crippen molar-refractivity contribution in [3.05, 3.63) is 57.8 Å². The number of methoxy groups -OCH3 is 1. The molecule has 0 fully saturated rings. The van der Waals surface area contributed by atoms with Crippen molar-refractivity contribution >= 4 is 15.9 Å². The summed E-state index contributed by atoms with van der Waals surface area (Å²) in [5.41, 5.74) is -0.0845. The van der Waals surface area contributed by atoms with Gasteiger partial charge in [-0.15, -0.1) is 0 Å². The van der Waals surface area contributed by atoms with Crippen molar-refractivity contribution in [1.82, 2.24) is 5.32 Å². The van der Waals surface area contributed by atoms with Crippen LogP contribution in [0.3, 0.4) is 0 Å². The van der Waals surface area contributed by atoms with Gasteiger partial charge in [0.1, 0.15) is 23.9 Å². The van der Waals surface area contributed by atoms with E-state index in [9.17, 15) is 17.6 Å². The maximum atomic E-state index is 13.5. The van der Waals surface area contributed by atoms with Crippen LogP contribution in [-0.4, -0.2) is 20.3 Å². The Balaban J connectivity index is 1.91. The lowest BCUT2D eigenvalue weighted by atomic mass is 10.1. The first-order valence-corrected chi connectivity index (χ1v) is 8.57. The molecule has 0 heterocycles. The first-order valence-electron chi connectivity index (χ1n) is 7.77. The summed E-state index contributed by atoms with van der Waals surface area (Å²) in [5.74, 6) is 0.130. The van der Waals surface area contributed by atoms with Crippen molar-refractivity contribution in [2.24, 2.45) is 0 Å². The lowest BCUT2D eigenvalue weighted by Crippen LogP contribution is -2.24. The molecule has 26 heavy (non-hydrogen) atoms. The number of nitrogens with one attached hydrogen (secondary N) is 1. The van der Waals surface area contributed by atoms with E-state index in [1.807, 2.05) is 6.92 Å². The van der Waals surface area contributed by atoms with E-state index in [0.717, 1.165) is 12.1 Å². The van der Waals surface area contributed by atoms with Crippen molar-refractivity contribution in [1.29, 1.82) is 0 Å². The largest absolute Gasteiger partial charge is 0.497 e. The third-order valence-corrected chi connectivity index (χ3v) is 4.11. The Morgan fingerprint density at radius 2 is 1.81 bits per heavy atom. The zero-order valence-corrected chi connectivity index (χ0v) is 15.7. The number of hydrogen-bond acceptors (Lipinski definition) is 3. The number of benzene rings is 2. The summed E-state index contributed by atoms with van der Waals surface area (Å²) in [5, 5.41) is 3.13. The van der Waals surface area contributed by atoms with Crippen molar-refractivity contribution in [2.45, 2.75) is 19.1 Å². The molecule has 0 amide bonds. The molecule has 3 nitrogen and oxygen atoms in total. The Hall–Kier alpha value is -1.80. The lowest BCUT2D eigenvalue weighted by molar-refractivity contribution is -0.137. The van der Waals surface area contributed by atoms with Crippen LogP contribution in [0.4, 0.5) is 17.6 Å². The predicted octanol–water partition coefficient (Wildman–Crippen LogP) is 5.35. The second-order valence-electron chi connectivity index (χ2n) is 5.62. The zero-order valence-electron chi connectivity index (χ0n) is 14.2. The Morgan fingerprint density at radius 3 is 2.46 bits per heavy atom. The highest BCUT2D eigenvalue weighted by Crippen LogP contribution is 2.34. The van der Waals surface area contributed by atoms with Gasteiger partial charge in [0.05, 0.1) is 12.7 Å². The molecule has 2 aromatic rings. The summed E-state index contributed by atoms with van der Waals surface area (Å²) in [6, 6.07) is 7.62. The normalized spacial score (nSPS) is 12.7. The Kier molecular flexibility index (Phi) is 6.88. The van der Waals surface area contributed by atoms with E-state index < -0.39 is 17.6 Å². The van der Waals surface area contributed by atoms with Crippen LogP contribution in [0.15, 0.2) is 40.9 Å². The number of alkyl halides is 3. The van der Waals surface area contributed by atoms with Crippen LogP contribution < -0.4 is 14.8 Å². The summed E-state index contributed by atoms with van der Waals surface area (Å²) in [7, 11) is 1.46. The molecular weight excluding hydrogens is 418 g/mol. The third-order valence-electron chi connectivity index (χ3n) is 3.65. The highest BCUT2D eigenvalue weighted by Gasteiger charge is 2.31. The monoisotopic (exact) mass is 435 g/mol. The summed E-state index contributed by atoms with van der Waals surface area (Å²) in [6.07, 6.45) is -4.44. The Labute approximate surface area is 157 Å². The molecule has 0 aliphatic carbocycles. The molecule has 8 heteroatoms. The van der Waals surface area contributed by atoms with Crippen LogP contribution in [0.2, 0.25) is 0 Å². The van der Waals surface area contributed by atoms with Crippen LogP contribution in [0, 0.1) is 5.82 Å². The molecule has 0 aliphatic rings. The van der Waals surface area contributed by atoms with E-state index in [4.69, 9.17) is 9.47 Å². The van der Waals surface area contributed by atoms with Gasteiger partial charge in [-0.25, -0.2) is 4.39 Å². The molecular formula is C18H18BrF4NO2. The number of rotatable bonds is 7. The van der Waals surface area contributed by atoms with Crippen molar-refractivity contribution in [3.63, 3.8) is 0 Å². The molecule has 0 aliphatic heterocycles. The Morgan fingerprint density at radius 1 is 1.08 bits per heavy atom. The molecule has 2 rings (SSSR count). The molecule has 142 valence electrons. The molecule has 0 bridgehead atoms. The van der Waals surface area contributed by atoms with E-state index in [1.54, 1.807) is 6.07 Å². The minimum absolute atomic E-state index is 0.119. The van der Waals surface area contributed by atoms with E-state index in [2.05, 4.69) is 21.2 Å². The molecule has 0 unspecified atom stereocenters. The fourth-order valence-corrected chi connectivity index (χ4v) is 2.80. The molecule has 0 spiro atoms. The molecule has 0 aromatic heterocycles. The Bertz CT molecular complexity index is 752. The first kappa shape index (κ1) is 20.5. The predicted molar refractivity (Wildman–Crippen MR) is 94.0 cm³/mol. The topological polar surface area (TPSA) is 30.5 Å². The first-order chi connectivity index (χ1) is 12.2. The van der Waals surface area contributed by atoms with Gasteiger partial charge in [-0.05, 0) is 42.8 Å². The van der Waals surface area contributed by atoms with Crippen LogP contribution in [-0.2, 0) is 6.18 Å². The maximum Gasteiger partial charge on any atom is 0.416 e. The second-order valence-corrected chi connectivity index (χ2v) is 6.54. The lowest BCUT2D eigenvalue weighted by Gasteiger charge is -2.16. The fourth-order valence-electron chi connectivity index (χ4n) is 2.32. The van der Waals surface area contributed by atoms with Gasteiger partial charge in [0.25, 0.3) is 0 Å². The van der Waals surface area contributed by atoms with Gasteiger partial charge in [0.15, 0.2) is 0 Å². The van der Waals surface area contributed by atoms with Gasteiger partial charge in [0.2, 0.25) is 0 Å².